The molecule has 29 heavy (non-hydrogen) atoms. The van der Waals surface area contributed by atoms with Crippen LogP contribution in [-0.4, -0.2) is 17.5 Å². The summed E-state index contributed by atoms with van der Waals surface area (Å²) >= 11 is 0. The van der Waals surface area contributed by atoms with Crippen molar-refractivity contribution in [2.75, 3.05) is 6.61 Å². The molecule has 1 atom stereocenters. The van der Waals surface area contributed by atoms with Gasteiger partial charge in [-0.05, 0) is 61.6 Å². The number of rotatable bonds is 9. The molecule has 1 aromatic heterocycles. The largest absolute Gasteiger partial charge is 0.493 e. The summed E-state index contributed by atoms with van der Waals surface area (Å²) in [5, 5.41) is 3.13. The molecule has 0 fully saturated rings. The molecule has 0 aliphatic carbocycles. The molecule has 4 heteroatoms. The van der Waals surface area contributed by atoms with Crippen LogP contribution in [0.1, 0.15) is 47.7 Å². The Labute approximate surface area is 173 Å². The molecular formula is C25H28N2O2. The fourth-order valence-corrected chi connectivity index (χ4v) is 3.19. The van der Waals surface area contributed by atoms with Gasteiger partial charge >= 0.3 is 0 Å². The summed E-state index contributed by atoms with van der Waals surface area (Å²) in [5.74, 6) is 0.949. The Bertz CT molecular complexity index is 871. The lowest BCUT2D eigenvalue weighted by molar-refractivity contribution is -0.121. The van der Waals surface area contributed by atoms with Crippen LogP contribution in [0.4, 0.5) is 0 Å². The first kappa shape index (κ1) is 20.6. The number of hydrogen-bond donors (Lipinski definition) is 1. The van der Waals surface area contributed by atoms with Crippen LogP contribution in [0.25, 0.3) is 0 Å². The topological polar surface area (TPSA) is 51.2 Å². The van der Waals surface area contributed by atoms with Gasteiger partial charge in [0.2, 0.25) is 5.91 Å². The summed E-state index contributed by atoms with van der Waals surface area (Å²) in [4.78, 5) is 17.0. The lowest BCUT2D eigenvalue weighted by Gasteiger charge is -2.19. The number of nitrogens with one attached hydrogen (secondary N) is 1. The second kappa shape index (κ2) is 10.4. The molecular weight excluding hydrogens is 360 g/mol. The van der Waals surface area contributed by atoms with Crippen molar-refractivity contribution in [1.82, 2.24) is 10.3 Å². The number of aryl methyl sites for hydroxylation is 2. The number of aromatic nitrogens is 1. The molecule has 0 saturated carbocycles. The van der Waals surface area contributed by atoms with Gasteiger partial charge in [0.15, 0.2) is 0 Å². The average molecular weight is 389 g/mol. The zero-order chi connectivity index (χ0) is 20.5. The van der Waals surface area contributed by atoms with Gasteiger partial charge in [0.05, 0.1) is 18.3 Å². The minimum Gasteiger partial charge on any atom is -0.493 e. The van der Waals surface area contributed by atoms with Crippen LogP contribution in [0.2, 0.25) is 0 Å². The predicted octanol–water partition coefficient (Wildman–Crippen LogP) is 5.15. The lowest BCUT2D eigenvalue weighted by Crippen LogP contribution is -2.29. The molecule has 150 valence electrons. The van der Waals surface area contributed by atoms with E-state index in [2.05, 4.69) is 35.4 Å². The van der Waals surface area contributed by atoms with Crippen molar-refractivity contribution in [3.8, 4) is 5.75 Å². The third-order valence-corrected chi connectivity index (χ3v) is 4.82. The highest BCUT2D eigenvalue weighted by molar-refractivity contribution is 5.76. The molecule has 3 rings (SSSR count). The lowest BCUT2D eigenvalue weighted by atomic mass is 10.0. The van der Waals surface area contributed by atoms with Gasteiger partial charge in [-0.2, -0.15) is 0 Å². The van der Waals surface area contributed by atoms with Gasteiger partial charge in [-0.25, -0.2) is 0 Å². The van der Waals surface area contributed by atoms with E-state index in [1.165, 1.54) is 5.56 Å². The van der Waals surface area contributed by atoms with Crippen LogP contribution in [0, 0.1) is 13.8 Å². The van der Waals surface area contributed by atoms with Gasteiger partial charge in [-0.15, -0.1) is 0 Å². The molecule has 3 aromatic rings. The van der Waals surface area contributed by atoms with E-state index < -0.39 is 0 Å². The first-order chi connectivity index (χ1) is 14.1. The predicted molar refractivity (Wildman–Crippen MR) is 116 cm³/mol. The van der Waals surface area contributed by atoms with Crippen molar-refractivity contribution in [2.45, 2.75) is 39.2 Å². The summed E-state index contributed by atoms with van der Waals surface area (Å²) in [5.41, 5.74) is 4.18. The molecule has 0 aliphatic rings. The van der Waals surface area contributed by atoms with Crippen molar-refractivity contribution >= 4 is 5.91 Å². The minimum absolute atomic E-state index is 0.0243. The third-order valence-electron chi connectivity index (χ3n) is 4.82. The van der Waals surface area contributed by atoms with Crippen molar-refractivity contribution in [1.29, 1.82) is 0 Å². The molecule has 1 N–H and O–H groups in total. The number of pyridine rings is 1. The normalized spacial score (nSPS) is 11.7. The Hall–Kier alpha value is -3.14. The summed E-state index contributed by atoms with van der Waals surface area (Å²) < 4.78 is 5.88. The van der Waals surface area contributed by atoms with E-state index in [9.17, 15) is 4.79 Å². The summed E-state index contributed by atoms with van der Waals surface area (Å²) in [6, 6.07) is 21.7. The maximum absolute atomic E-state index is 12.6. The molecule has 0 saturated heterocycles. The van der Waals surface area contributed by atoms with Crippen LogP contribution >= 0.6 is 0 Å². The maximum atomic E-state index is 12.6. The van der Waals surface area contributed by atoms with E-state index in [-0.39, 0.29) is 11.9 Å². The Morgan fingerprint density at radius 2 is 1.79 bits per heavy atom. The molecule has 4 nitrogen and oxygen atoms in total. The third kappa shape index (κ3) is 6.18. The molecule has 0 bridgehead atoms. The molecule has 1 heterocycles. The van der Waals surface area contributed by atoms with Crippen LogP contribution in [0.5, 0.6) is 5.75 Å². The molecule has 1 unspecified atom stereocenters. The number of carbonyl (C=O) groups is 1. The summed E-state index contributed by atoms with van der Waals surface area (Å²) in [6.07, 6.45) is 3.83. The summed E-state index contributed by atoms with van der Waals surface area (Å²) in [6.45, 7) is 4.71. The molecule has 0 spiro atoms. The van der Waals surface area contributed by atoms with E-state index in [1.807, 2.05) is 55.5 Å². The monoisotopic (exact) mass is 388 g/mol. The Morgan fingerprint density at radius 1 is 1.00 bits per heavy atom. The highest BCUT2D eigenvalue weighted by Crippen LogP contribution is 2.21. The Balaban J connectivity index is 1.50. The number of nitrogens with zero attached hydrogens (tertiary/aromatic N) is 1. The second-order valence-corrected chi connectivity index (χ2v) is 7.24. The average Bonchev–Trinajstić information content (AvgIpc) is 2.75. The zero-order valence-corrected chi connectivity index (χ0v) is 17.1. The van der Waals surface area contributed by atoms with Crippen molar-refractivity contribution in [3.63, 3.8) is 0 Å². The van der Waals surface area contributed by atoms with E-state index in [0.717, 1.165) is 35.4 Å². The second-order valence-electron chi connectivity index (χ2n) is 7.24. The fourth-order valence-electron chi connectivity index (χ4n) is 3.19. The van der Waals surface area contributed by atoms with Crippen LogP contribution in [-0.2, 0) is 4.79 Å². The van der Waals surface area contributed by atoms with Crippen molar-refractivity contribution in [3.05, 3.63) is 95.3 Å². The van der Waals surface area contributed by atoms with Gasteiger partial charge in [-0.3, -0.25) is 9.78 Å². The summed E-state index contributed by atoms with van der Waals surface area (Å²) in [7, 11) is 0. The molecule has 1 amide bonds. The molecule has 0 radical (unpaired) electrons. The Morgan fingerprint density at radius 3 is 2.55 bits per heavy atom. The fraction of sp³-hybridized carbons (Fsp3) is 0.280. The zero-order valence-electron chi connectivity index (χ0n) is 17.1. The van der Waals surface area contributed by atoms with E-state index >= 15 is 0 Å². The standard InChI is InChI=1S/C25H28N2O2/c1-19-14-15-20(2)23(18-19)29-17-9-7-13-24(28)27-25(21-10-4-3-5-11-21)22-12-6-8-16-26-22/h3-6,8,10-12,14-16,18,25H,7,9,13,17H2,1-2H3,(H,27,28). The highest BCUT2D eigenvalue weighted by Gasteiger charge is 2.17. The number of unbranched alkanes of at least 4 members (excludes halogenated alkanes) is 1. The SMILES string of the molecule is Cc1ccc(C)c(OCCCCC(=O)NC(c2ccccc2)c2ccccn2)c1. The first-order valence-electron chi connectivity index (χ1n) is 10.1. The van der Waals surface area contributed by atoms with Crippen molar-refractivity contribution < 1.29 is 9.53 Å². The quantitative estimate of drug-likeness (QED) is 0.516. The van der Waals surface area contributed by atoms with Gasteiger partial charge in [0.1, 0.15) is 5.75 Å². The van der Waals surface area contributed by atoms with E-state index in [1.54, 1.807) is 6.20 Å². The number of amides is 1. The van der Waals surface area contributed by atoms with Gasteiger partial charge in [0, 0.05) is 12.6 Å². The van der Waals surface area contributed by atoms with Crippen LogP contribution < -0.4 is 10.1 Å². The number of carbonyl (C=O) groups excluding carboxylic acids is 1. The number of ether oxygens (including phenoxy) is 1. The number of hydrogen-bond acceptors (Lipinski definition) is 3. The van der Waals surface area contributed by atoms with Gasteiger partial charge in [-0.1, -0.05) is 48.5 Å². The maximum Gasteiger partial charge on any atom is 0.220 e. The van der Waals surface area contributed by atoms with Crippen LogP contribution in [0.15, 0.2) is 72.9 Å². The van der Waals surface area contributed by atoms with Gasteiger partial charge < -0.3 is 10.1 Å². The van der Waals surface area contributed by atoms with E-state index in [4.69, 9.17) is 4.74 Å². The molecule has 2 aromatic carbocycles. The first-order valence-corrected chi connectivity index (χ1v) is 10.1. The van der Waals surface area contributed by atoms with Crippen LogP contribution in [0.3, 0.4) is 0 Å². The highest BCUT2D eigenvalue weighted by atomic mass is 16.5. The minimum atomic E-state index is -0.240. The molecule has 0 aliphatic heterocycles. The van der Waals surface area contributed by atoms with Gasteiger partial charge in [0.25, 0.3) is 0 Å². The Kier molecular flexibility index (Phi) is 7.40. The number of benzene rings is 2. The smallest absolute Gasteiger partial charge is 0.220 e. The van der Waals surface area contributed by atoms with E-state index in [0.29, 0.717) is 13.0 Å². The van der Waals surface area contributed by atoms with Crippen molar-refractivity contribution in [2.24, 2.45) is 0 Å².